The number of benzene rings is 1. The highest BCUT2D eigenvalue weighted by Crippen LogP contribution is 2.36. The van der Waals surface area contributed by atoms with Crippen LogP contribution in [0.25, 0.3) is 0 Å². The van der Waals surface area contributed by atoms with Crippen LogP contribution in [0.2, 0.25) is 5.02 Å². The molecule has 3 heterocycles. The van der Waals surface area contributed by atoms with Crippen LogP contribution < -0.4 is 5.32 Å². The zero-order chi connectivity index (χ0) is 27.2. The molecule has 1 aliphatic carbocycles. The number of fused-ring (bicyclic) bond motifs is 1. The number of hydrogen-bond donors (Lipinski definition) is 2. The number of hydrogen-bond acceptors (Lipinski definition) is 5. The van der Waals surface area contributed by atoms with Gasteiger partial charge in [-0.1, -0.05) is 35.4 Å². The quantitative estimate of drug-likeness (QED) is 0.311. The summed E-state index contributed by atoms with van der Waals surface area (Å²) in [5.74, 6) is 0.933. The van der Waals surface area contributed by atoms with Gasteiger partial charge in [0.15, 0.2) is 0 Å². The molecule has 0 radical (unpaired) electrons. The van der Waals surface area contributed by atoms with E-state index in [1.807, 2.05) is 6.07 Å². The molecule has 1 aromatic carbocycles. The molecule has 5 rings (SSSR count). The van der Waals surface area contributed by atoms with Crippen molar-refractivity contribution in [2.24, 2.45) is 5.92 Å². The third-order valence-electron chi connectivity index (χ3n) is 9.23. The van der Waals surface area contributed by atoms with E-state index in [4.69, 9.17) is 17.0 Å². The van der Waals surface area contributed by atoms with Gasteiger partial charge in [-0.15, -0.1) is 0 Å². The molecule has 3 saturated heterocycles. The Morgan fingerprint density at radius 3 is 2.49 bits per heavy atom. The number of carbonyl (C=O) groups excluding carboxylic acids is 1. The van der Waals surface area contributed by atoms with Gasteiger partial charge in [-0.3, -0.25) is 14.6 Å². The van der Waals surface area contributed by atoms with E-state index in [0.717, 1.165) is 100 Å². The summed E-state index contributed by atoms with van der Waals surface area (Å²) in [6, 6.07) is 7.30. The summed E-state index contributed by atoms with van der Waals surface area (Å²) in [4.78, 5) is 20.3. The molecule has 3 fully saturated rings. The van der Waals surface area contributed by atoms with Crippen LogP contribution in [0.4, 0.5) is 0 Å². The first-order valence-electron chi connectivity index (χ1n) is 14.8. The van der Waals surface area contributed by atoms with Gasteiger partial charge in [0, 0.05) is 67.5 Å². The average Bonchev–Trinajstić information content (AvgIpc) is 3.15. The normalized spacial score (nSPS) is 24.7. The predicted molar refractivity (Wildman–Crippen MR) is 164 cm³/mol. The minimum atomic E-state index is 0.271. The molecule has 0 aromatic heterocycles. The SMILES string of the molecule is N=CC(Br)=CCC1=CC(N2CCC(N3CCN(C(=O)CC4CCNCC4)CC3)CC2)c2ccc(Cl)cc2CC1. The molecule has 0 spiro atoms. The maximum Gasteiger partial charge on any atom is 0.222 e. The topological polar surface area (TPSA) is 62.7 Å². The highest BCUT2D eigenvalue weighted by atomic mass is 79.9. The van der Waals surface area contributed by atoms with Crippen molar-refractivity contribution < 1.29 is 4.79 Å². The van der Waals surface area contributed by atoms with Crippen molar-refractivity contribution in [1.82, 2.24) is 20.0 Å². The van der Waals surface area contributed by atoms with E-state index in [1.165, 1.54) is 35.8 Å². The molecule has 212 valence electrons. The number of nitrogens with zero attached hydrogens (tertiary/aromatic N) is 3. The number of aryl methyl sites for hydroxylation is 1. The summed E-state index contributed by atoms with van der Waals surface area (Å²) in [5.41, 5.74) is 4.18. The maximum atomic E-state index is 12.9. The number of nitrogens with one attached hydrogen (secondary N) is 2. The Morgan fingerprint density at radius 2 is 1.77 bits per heavy atom. The third-order valence-corrected chi connectivity index (χ3v) is 10.0. The summed E-state index contributed by atoms with van der Waals surface area (Å²) in [6.07, 6.45) is 14.2. The van der Waals surface area contributed by atoms with Crippen LogP contribution in [-0.4, -0.2) is 85.2 Å². The molecule has 2 N–H and O–H groups in total. The van der Waals surface area contributed by atoms with Crippen molar-refractivity contribution in [1.29, 1.82) is 5.41 Å². The van der Waals surface area contributed by atoms with Crippen LogP contribution in [-0.2, 0) is 11.2 Å². The van der Waals surface area contributed by atoms with E-state index in [0.29, 0.717) is 17.9 Å². The van der Waals surface area contributed by atoms with E-state index in [2.05, 4.69) is 60.2 Å². The molecule has 1 amide bonds. The number of piperidine rings is 2. The fourth-order valence-corrected chi connectivity index (χ4v) is 7.21. The Bertz CT molecular complexity index is 1070. The molecule has 3 aliphatic heterocycles. The number of amides is 1. The van der Waals surface area contributed by atoms with Crippen LogP contribution in [0.1, 0.15) is 62.1 Å². The van der Waals surface area contributed by atoms with Gasteiger partial charge in [-0.2, -0.15) is 0 Å². The van der Waals surface area contributed by atoms with Gasteiger partial charge in [0.05, 0.1) is 6.04 Å². The van der Waals surface area contributed by atoms with Gasteiger partial charge in [0.25, 0.3) is 0 Å². The molecule has 1 aromatic rings. The summed E-state index contributed by atoms with van der Waals surface area (Å²) in [7, 11) is 0. The molecule has 1 atom stereocenters. The Hall–Kier alpha value is -1.51. The van der Waals surface area contributed by atoms with Gasteiger partial charge in [-0.25, -0.2) is 0 Å². The number of halogens is 2. The fraction of sp³-hybridized carbons (Fsp3) is 0.613. The van der Waals surface area contributed by atoms with E-state index in [1.54, 1.807) is 0 Å². The molecule has 0 bridgehead atoms. The Labute approximate surface area is 247 Å². The highest BCUT2D eigenvalue weighted by molar-refractivity contribution is 9.12. The molecule has 8 heteroatoms. The van der Waals surface area contributed by atoms with Crippen molar-refractivity contribution in [2.75, 3.05) is 52.4 Å². The van der Waals surface area contributed by atoms with Crippen molar-refractivity contribution >= 4 is 39.7 Å². The fourth-order valence-electron chi connectivity index (χ4n) is 6.86. The number of rotatable bonds is 7. The maximum absolute atomic E-state index is 12.9. The second-order valence-corrected chi connectivity index (χ2v) is 13.0. The van der Waals surface area contributed by atoms with Gasteiger partial charge in [0.2, 0.25) is 5.91 Å². The van der Waals surface area contributed by atoms with Gasteiger partial charge in [0.1, 0.15) is 0 Å². The Morgan fingerprint density at radius 1 is 1.03 bits per heavy atom. The first-order chi connectivity index (χ1) is 19.0. The first-order valence-corrected chi connectivity index (χ1v) is 16.0. The predicted octanol–water partition coefficient (Wildman–Crippen LogP) is 5.57. The summed E-state index contributed by atoms with van der Waals surface area (Å²) < 4.78 is 0.832. The van der Waals surface area contributed by atoms with Crippen molar-refractivity contribution in [3.63, 3.8) is 0 Å². The standard InChI is InChI=1S/C31H43BrClN5O/c32-26(22-34)4-2-23-1-3-25-21-27(33)5-6-29(25)30(19-23)37-13-9-28(10-14-37)36-15-17-38(18-16-36)31(39)20-24-7-11-35-12-8-24/h4-6,19,21-22,24,28,30,34-35H,1-3,7-18,20H2. The Balaban J connectivity index is 1.17. The van der Waals surface area contributed by atoms with E-state index in [-0.39, 0.29) is 6.04 Å². The molecule has 4 aliphatic rings. The second kappa shape index (κ2) is 13.9. The monoisotopic (exact) mass is 615 g/mol. The lowest BCUT2D eigenvalue weighted by Gasteiger charge is -2.44. The number of likely N-dealkylation sites (tertiary alicyclic amines) is 1. The second-order valence-electron chi connectivity index (χ2n) is 11.6. The minimum absolute atomic E-state index is 0.271. The largest absolute Gasteiger partial charge is 0.340 e. The smallest absolute Gasteiger partial charge is 0.222 e. The lowest BCUT2D eigenvalue weighted by Crippen LogP contribution is -2.54. The van der Waals surface area contributed by atoms with Gasteiger partial charge < -0.3 is 15.6 Å². The molecule has 1 unspecified atom stereocenters. The van der Waals surface area contributed by atoms with Gasteiger partial charge in [-0.05, 0) is 103 Å². The van der Waals surface area contributed by atoms with Crippen molar-refractivity contribution in [3.05, 3.63) is 56.6 Å². The van der Waals surface area contributed by atoms with E-state index < -0.39 is 0 Å². The van der Waals surface area contributed by atoms with Crippen LogP contribution in [0, 0.1) is 11.3 Å². The van der Waals surface area contributed by atoms with Gasteiger partial charge >= 0.3 is 0 Å². The van der Waals surface area contributed by atoms with Crippen molar-refractivity contribution in [2.45, 2.75) is 63.5 Å². The van der Waals surface area contributed by atoms with E-state index in [9.17, 15) is 4.79 Å². The zero-order valence-corrected chi connectivity index (χ0v) is 25.4. The first kappa shape index (κ1) is 29.0. The van der Waals surface area contributed by atoms with E-state index >= 15 is 0 Å². The minimum Gasteiger partial charge on any atom is -0.340 e. The highest BCUT2D eigenvalue weighted by Gasteiger charge is 2.32. The number of piperazine rings is 1. The van der Waals surface area contributed by atoms with Crippen LogP contribution >= 0.6 is 27.5 Å². The lowest BCUT2D eigenvalue weighted by molar-refractivity contribution is -0.134. The molecule has 6 nitrogen and oxygen atoms in total. The number of carbonyl (C=O) groups is 1. The lowest BCUT2D eigenvalue weighted by atomic mass is 9.93. The molecular weight excluding hydrogens is 574 g/mol. The molecule has 0 saturated carbocycles. The summed E-state index contributed by atoms with van der Waals surface area (Å²) in [6.45, 7) is 8.05. The molecule has 39 heavy (non-hydrogen) atoms. The average molecular weight is 617 g/mol. The Kier molecular flexibility index (Phi) is 10.3. The summed E-state index contributed by atoms with van der Waals surface area (Å²) >= 11 is 9.87. The third kappa shape index (κ3) is 7.62. The van der Waals surface area contributed by atoms with Crippen LogP contribution in [0.3, 0.4) is 0 Å². The number of allylic oxidation sites excluding steroid dienone is 3. The van der Waals surface area contributed by atoms with Crippen molar-refractivity contribution in [3.8, 4) is 0 Å². The van der Waals surface area contributed by atoms with Crippen LogP contribution in [0.15, 0.2) is 40.4 Å². The van der Waals surface area contributed by atoms with Crippen LogP contribution in [0.5, 0.6) is 0 Å². The zero-order valence-electron chi connectivity index (χ0n) is 23.0. The summed E-state index contributed by atoms with van der Waals surface area (Å²) in [5, 5.41) is 11.7. The molecular formula is C31H43BrClN5O.